The molecule has 0 aromatic carbocycles. The number of ether oxygens (including phenoxy) is 1. The van der Waals surface area contributed by atoms with Crippen LogP contribution in [0, 0.1) is 0 Å². The van der Waals surface area contributed by atoms with Crippen LogP contribution in [0.3, 0.4) is 0 Å². The molecule has 0 amide bonds. The lowest BCUT2D eigenvalue weighted by molar-refractivity contribution is -0.127. The van der Waals surface area contributed by atoms with Crippen LogP contribution in [-0.4, -0.2) is 35.2 Å². The fourth-order valence-corrected chi connectivity index (χ4v) is 3.41. The zero-order chi connectivity index (χ0) is 10.3. The fourth-order valence-electron chi connectivity index (χ4n) is 3.41. The predicted molar refractivity (Wildman–Crippen MR) is 58.4 cm³/mol. The van der Waals surface area contributed by atoms with E-state index in [0.29, 0.717) is 24.3 Å². The average molecular weight is 197 g/mol. The second kappa shape index (κ2) is 3.82. The maximum Gasteiger partial charge on any atom is 0.0608 e. The minimum Gasteiger partial charge on any atom is -0.375 e. The molecule has 14 heavy (non-hydrogen) atoms. The van der Waals surface area contributed by atoms with Crippen molar-refractivity contribution in [3.8, 4) is 0 Å². The van der Waals surface area contributed by atoms with Crippen molar-refractivity contribution in [2.24, 2.45) is 0 Å². The third-order valence-corrected chi connectivity index (χ3v) is 3.69. The molecule has 2 fully saturated rings. The van der Waals surface area contributed by atoms with E-state index in [9.17, 15) is 0 Å². The van der Waals surface area contributed by atoms with Gasteiger partial charge in [-0.2, -0.15) is 0 Å². The van der Waals surface area contributed by atoms with E-state index in [0.717, 1.165) is 6.04 Å². The van der Waals surface area contributed by atoms with Gasteiger partial charge in [-0.05, 0) is 47.0 Å². The van der Waals surface area contributed by atoms with Crippen molar-refractivity contribution in [1.29, 1.82) is 0 Å². The second-order valence-corrected chi connectivity index (χ2v) is 5.32. The Morgan fingerprint density at radius 3 is 2.50 bits per heavy atom. The van der Waals surface area contributed by atoms with Crippen molar-refractivity contribution >= 4 is 0 Å². The monoisotopic (exact) mass is 197 g/mol. The molecule has 4 atom stereocenters. The van der Waals surface area contributed by atoms with Gasteiger partial charge in [-0.15, -0.1) is 0 Å². The smallest absolute Gasteiger partial charge is 0.0608 e. The van der Waals surface area contributed by atoms with Crippen molar-refractivity contribution in [3.63, 3.8) is 0 Å². The van der Waals surface area contributed by atoms with Gasteiger partial charge in [0.1, 0.15) is 0 Å². The standard InChI is InChI=1S/C12H23NO/c1-8(2)13-9(3)5-12-7-11(13)6-10(4)14-12/h8-12H,5-7H2,1-4H3. The van der Waals surface area contributed by atoms with Crippen molar-refractivity contribution in [2.75, 3.05) is 0 Å². The zero-order valence-electron chi connectivity index (χ0n) is 9.86. The highest BCUT2D eigenvalue weighted by atomic mass is 16.5. The maximum atomic E-state index is 5.93. The summed E-state index contributed by atoms with van der Waals surface area (Å²) in [5, 5.41) is 0. The van der Waals surface area contributed by atoms with Crippen LogP contribution in [0.15, 0.2) is 0 Å². The normalized spacial score (nSPS) is 44.4. The Balaban J connectivity index is 2.10. The van der Waals surface area contributed by atoms with Gasteiger partial charge in [-0.1, -0.05) is 0 Å². The second-order valence-electron chi connectivity index (χ2n) is 5.32. The van der Waals surface area contributed by atoms with Gasteiger partial charge >= 0.3 is 0 Å². The summed E-state index contributed by atoms with van der Waals surface area (Å²) >= 11 is 0. The van der Waals surface area contributed by atoms with Crippen molar-refractivity contribution in [2.45, 2.75) is 77.3 Å². The van der Waals surface area contributed by atoms with E-state index in [-0.39, 0.29) is 0 Å². The highest BCUT2D eigenvalue weighted by Crippen LogP contribution is 2.34. The Hall–Kier alpha value is -0.0800. The number of fused-ring (bicyclic) bond motifs is 2. The topological polar surface area (TPSA) is 12.5 Å². The van der Waals surface area contributed by atoms with Gasteiger partial charge in [0.05, 0.1) is 12.2 Å². The van der Waals surface area contributed by atoms with Gasteiger partial charge in [-0.3, -0.25) is 4.90 Å². The first-order valence-electron chi connectivity index (χ1n) is 6.00. The first kappa shape index (κ1) is 10.4. The molecule has 2 heterocycles. The zero-order valence-corrected chi connectivity index (χ0v) is 9.86. The minimum absolute atomic E-state index is 0.465. The minimum atomic E-state index is 0.465. The summed E-state index contributed by atoms with van der Waals surface area (Å²) < 4.78 is 5.93. The van der Waals surface area contributed by atoms with Crippen LogP contribution in [0.2, 0.25) is 0 Å². The highest BCUT2D eigenvalue weighted by molar-refractivity contribution is 4.93. The van der Waals surface area contributed by atoms with Crippen LogP contribution >= 0.6 is 0 Å². The Labute approximate surface area is 87.6 Å². The number of hydrogen-bond donors (Lipinski definition) is 0. The Bertz CT molecular complexity index is 200. The first-order chi connectivity index (χ1) is 6.58. The van der Waals surface area contributed by atoms with Crippen molar-refractivity contribution < 1.29 is 4.74 Å². The molecular weight excluding hydrogens is 174 g/mol. The molecule has 0 saturated carbocycles. The molecule has 0 spiro atoms. The van der Waals surface area contributed by atoms with Crippen LogP contribution < -0.4 is 0 Å². The van der Waals surface area contributed by atoms with E-state index in [2.05, 4.69) is 32.6 Å². The molecule has 0 radical (unpaired) electrons. The molecule has 2 saturated heterocycles. The molecule has 2 aliphatic rings. The molecule has 2 aliphatic heterocycles. The van der Waals surface area contributed by atoms with Crippen LogP contribution in [-0.2, 0) is 4.74 Å². The molecular formula is C12H23NO. The van der Waals surface area contributed by atoms with Gasteiger partial charge < -0.3 is 4.74 Å². The number of hydrogen-bond acceptors (Lipinski definition) is 2. The van der Waals surface area contributed by atoms with E-state index in [1.54, 1.807) is 0 Å². The van der Waals surface area contributed by atoms with Gasteiger partial charge in [0.2, 0.25) is 0 Å². The van der Waals surface area contributed by atoms with Crippen molar-refractivity contribution in [3.05, 3.63) is 0 Å². The largest absolute Gasteiger partial charge is 0.375 e. The molecule has 2 bridgehead atoms. The molecule has 4 unspecified atom stereocenters. The molecule has 2 nitrogen and oxygen atoms in total. The summed E-state index contributed by atoms with van der Waals surface area (Å²) in [5.74, 6) is 0. The SMILES string of the molecule is CC1CC2CC(CC(C)N2C(C)C)O1. The predicted octanol–water partition coefficient (Wildman–Crippen LogP) is 2.43. The summed E-state index contributed by atoms with van der Waals surface area (Å²) in [5.41, 5.74) is 0. The van der Waals surface area contributed by atoms with Gasteiger partial charge in [0, 0.05) is 18.1 Å². The molecule has 2 rings (SSSR count). The van der Waals surface area contributed by atoms with Crippen LogP contribution in [0.1, 0.15) is 47.0 Å². The molecule has 0 aliphatic carbocycles. The molecule has 0 aromatic rings. The maximum absolute atomic E-state index is 5.93. The van der Waals surface area contributed by atoms with E-state index in [1.807, 2.05) is 0 Å². The van der Waals surface area contributed by atoms with E-state index in [4.69, 9.17) is 4.74 Å². The molecule has 0 N–H and O–H groups in total. The summed E-state index contributed by atoms with van der Waals surface area (Å²) in [6, 6.07) is 2.15. The first-order valence-corrected chi connectivity index (χ1v) is 6.00. The molecule has 0 aromatic heterocycles. The van der Waals surface area contributed by atoms with E-state index in [1.165, 1.54) is 19.3 Å². The summed E-state index contributed by atoms with van der Waals surface area (Å²) in [6.45, 7) is 9.19. The quantitative estimate of drug-likeness (QED) is 0.640. The summed E-state index contributed by atoms with van der Waals surface area (Å²) in [4.78, 5) is 2.69. The fraction of sp³-hybridized carbons (Fsp3) is 1.00. The average Bonchev–Trinajstić information content (AvgIpc) is 1.99. The van der Waals surface area contributed by atoms with Crippen LogP contribution in [0.5, 0.6) is 0 Å². The highest BCUT2D eigenvalue weighted by Gasteiger charge is 2.39. The van der Waals surface area contributed by atoms with Crippen LogP contribution in [0.4, 0.5) is 0 Å². The van der Waals surface area contributed by atoms with Gasteiger partial charge in [-0.25, -0.2) is 0 Å². The third-order valence-electron chi connectivity index (χ3n) is 3.69. The van der Waals surface area contributed by atoms with Crippen LogP contribution in [0.25, 0.3) is 0 Å². The number of likely N-dealkylation sites (tertiary alicyclic amines) is 1. The van der Waals surface area contributed by atoms with E-state index < -0.39 is 0 Å². The Morgan fingerprint density at radius 1 is 1.14 bits per heavy atom. The summed E-state index contributed by atoms with van der Waals surface area (Å²) in [7, 11) is 0. The number of rotatable bonds is 1. The Morgan fingerprint density at radius 2 is 1.86 bits per heavy atom. The lowest BCUT2D eigenvalue weighted by atomic mass is 9.87. The van der Waals surface area contributed by atoms with Crippen molar-refractivity contribution in [1.82, 2.24) is 4.90 Å². The number of piperidine rings is 1. The lowest BCUT2D eigenvalue weighted by Gasteiger charge is -2.50. The molecule has 2 heteroatoms. The lowest BCUT2D eigenvalue weighted by Crippen LogP contribution is -2.57. The van der Waals surface area contributed by atoms with Gasteiger partial charge in [0.25, 0.3) is 0 Å². The van der Waals surface area contributed by atoms with Gasteiger partial charge in [0.15, 0.2) is 0 Å². The summed E-state index contributed by atoms with van der Waals surface area (Å²) in [6.07, 6.45) is 4.70. The number of nitrogens with zero attached hydrogens (tertiary/aromatic N) is 1. The van der Waals surface area contributed by atoms with E-state index >= 15 is 0 Å². The Kier molecular flexibility index (Phi) is 2.85. The molecule has 82 valence electrons. The third kappa shape index (κ3) is 1.82.